The monoisotopic (exact) mass is 280 g/mol. The molecule has 0 aliphatic carbocycles. The maximum absolute atomic E-state index is 11.1. The second kappa shape index (κ2) is 5.44. The predicted octanol–water partition coefficient (Wildman–Crippen LogP) is 2.37. The summed E-state index contributed by atoms with van der Waals surface area (Å²) in [6, 6.07) is 6.17. The van der Waals surface area contributed by atoms with Crippen molar-refractivity contribution in [2.45, 2.75) is 26.7 Å². The Balaban J connectivity index is 1.93. The number of hydrazone groups is 1. The third kappa shape index (κ3) is 2.81. The summed E-state index contributed by atoms with van der Waals surface area (Å²) in [5.41, 5.74) is 7.75. The Morgan fingerprint density at radius 3 is 2.43 bits per heavy atom. The Labute approximate surface area is 123 Å². The molecule has 0 fully saturated rings. The molecule has 1 aliphatic heterocycles. The Hall–Kier alpha value is -2.56. The van der Waals surface area contributed by atoms with Crippen LogP contribution in [0.3, 0.4) is 0 Å². The fourth-order valence-corrected chi connectivity index (χ4v) is 2.38. The van der Waals surface area contributed by atoms with E-state index in [1.807, 2.05) is 25.4 Å². The van der Waals surface area contributed by atoms with E-state index in [4.69, 9.17) is 0 Å². The second-order valence-electron chi connectivity index (χ2n) is 5.14. The Kier molecular flexibility index (Phi) is 3.48. The molecule has 0 radical (unpaired) electrons. The molecule has 1 amide bonds. The third-order valence-corrected chi connectivity index (χ3v) is 3.56. The number of hydrogen-bond donors (Lipinski definition) is 1. The van der Waals surface area contributed by atoms with Crippen LogP contribution in [0.5, 0.6) is 0 Å². The molecular formula is C16H16N4O. The normalized spacial score (nSPS) is 14.6. The number of carbonyl (C=O) groups is 1. The summed E-state index contributed by atoms with van der Waals surface area (Å²) in [4.78, 5) is 19.6. The molecule has 1 aliphatic rings. The first kappa shape index (κ1) is 13.4. The molecule has 1 N–H and O–H groups in total. The fraction of sp³-hybridized carbons (Fsp3) is 0.250. The van der Waals surface area contributed by atoms with Crippen LogP contribution < -0.4 is 5.43 Å². The summed E-state index contributed by atoms with van der Waals surface area (Å²) in [6.45, 7) is 3.93. The van der Waals surface area contributed by atoms with Crippen molar-refractivity contribution in [3.05, 3.63) is 47.5 Å². The summed E-state index contributed by atoms with van der Waals surface area (Å²) in [6.07, 6.45) is 4.84. The molecule has 2 heterocycles. The molecule has 2 aromatic rings. The molecule has 1 aromatic carbocycles. The van der Waals surface area contributed by atoms with Gasteiger partial charge in [0.25, 0.3) is 0 Å². The maximum Gasteiger partial charge on any atom is 0.240 e. The van der Waals surface area contributed by atoms with Gasteiger partial charge in [-0.2, -0.15) is 5.10 Å². The van der Waals surface area contributed by atoms with Gasteiger partial charge < -0.3 is 0 Å². The number of amides is 1. The highest BCUT2D eigenvalue weighted by molar-refractivity contribution is 6.04. The number of benzene rings is 1. The molecule has 0 spiro atoms. The summed E-state index contributed by atoms with van der Waals surface area (Å²) >= 11 is 0. The van der Waals surface area contributed by atoms with Gasteiger partial charge in [0, 0.05) is 30.8 Å². The average molecular weight is 280 g/mol. The lowest BCUT2D eigenvalue weighted by Gasteiger charge is -2.14. The fourth-order valence-electron chi connectivity index (χ4n) is 2.38. The first-order valence-electron chi connectivity index (χ1n) is 6.89. The molecule has 1 aromatic heterocycles. The van der Waals surface area contributed by atoms with Gasteiger partial charge in [-0.05, 0) is 36.6 Å². The van der Waals surface area contributed by atoms with Crippen LogP contribution in [0.4, 0.5) is 0 Å². The molecule has 0 atom stereocenters. The van der Waals surface area contributed by atoms with E-state index in [0.717, 1.165) is 33.8 Å². The van der Waals surface area contributed by atoms with E-state index in [1.165, 1.54) is 0 Å². The van der Waals surface area contributed by atoms with E-state index in [2.05, 4.69) is 39.6 Å². The van der Waals surface area contributed by atoms with E-state index < -0.39 is 0 Å². The first-order valence-corrected chi connectivity index (χ1v) is 6.89. The van der Waals surface area contributed by atoms with Gasteiger partial charge in [-0.25, -0.2) is 15.4 Å². The van der Waals surface area contributed by atoms with Crippen LogP contribution in [0.25, 0.3) is 11.1 Å². The lowest BCUT2D eigenvalue weighted by atomic mass is 9.97. The van der Waals surface area contributed by atoms with Crippen molar-refractivity contribution in [2.24, 2.45) is 5.10 Å². The van der Waals surface area contributed by atoms with E-state index in [9.17, 15) is 4.79 Å². The van der Waals surface area contributed by atoms with Crippen molar-refractivity contribution in [2.75, 3.05) is 0 Å². The SMILES string of the molecule is Cc1ncc(-c2ccc(C3=NNC(=O)CC3)cc2C)cn1. The van der Waals surface area contributed by atoms with Crippen molar-refractivity contribution in [1.82, 2.24) is 15.4 Å². The van der Waals surface area contributed by atoms with Crippen LogP contribution in [-0.4, -0.2) is 21.6 Å². The smallest absolute Gasteiger partial charge is 0.240 e. The van der Waals surface area contributed by atoms with Gasteiger partial charge in [0.05, 0.1) is 5.71 Å². The Bertz CT molecular complexity index is 720. The minimum Gasteiger partial charge on any atom is -0.273 e. The first-order chi connectivity index (χ1) is 10.1. The summed E-state index contributed by atoms with van der Waals surface area (Å²) < 4.78 is 0. The van der Waals surface area contributed by atoms with Gasteiger partial charge in [-0.3, -0.25) is 4.79 Å². The van der Waals surface area contributed by atoms with Crippen molar-refractivity contribution in [3.8, 4) is 11.1 Å². The van der Waals surface area contributed by atoms with Crippen LogP contribution in [-0.2, 0) is 4.79 Å². The second-order valence-corrected chi connectivity index (χ2v) is 5.14. The lowest BCUT2D eigenvalue weighted by Crippen LogP contribution is -2.25. The molecule has 5 nitrogen and oxygen atoms in total. The van der Waals surface area contributed by atoms with Gasteiger partial charge >= 0.3 is 0 Å². The number of aryl methyl sites for hydroxylation is 2. The Morgan fingerprint density at radius 2 is 1.81 bits per heavy atom. The zero-order valence-electron chi connectivity index (χ0n) is 12.1. The number of aromatic nitrogens is 2. The summed E-state index contributed by atoms with van der Waals surface area (Å²) in [7, 11) is 0. The van der Waals surface area contributed by atoms with Gasteiger partial charge in [0.1, 0.15) is 5.82 Å². The van der Waals surface area contributed by atoms with Crippen molar-refractivity contribution in [1.29, 1.82) is 0 Å². The van der Waals surface area contributed by atoms with Crippen molar-refractivity contribution >= 4 is 11.6 Å². The average Bonchev–Trinajstić information content (AvgIpc) is 2.49. The molecule has 106 valence electrons. The number of nitrogens with one attached hydrogen (secondary N) is 1. The molecule has 0 saturated carbocycles. The van der Waals surface area contributed by atoms with Gasteiger partial charge in [-0.15, -0.1) is 0 Å². The molecule has 21 heavy (non-hydrogen) atoms. The van der Waals surface area contributed by atoms with Gasteiger partial charge in [0.2, 0.25) is 5.91 Å². The minimum atomic E-state index is -0.0242. The van der Waals surface area contributed by atoms with Gasteiger partial charge in [0.15, 0.2) is 0 Å². The van der Waals surface area contributed by atoms with Crippen LogP contribution in [0, 0.1) is 13.8 Å². The number of carbonyl (C=O) groups excluding carboxylic acids is 1. The predicted molar refractivity (Wildman–Crippen MR) is 80.9 cm³/mol. The molecule has 0 bridgehead atoms. The van der Waals surface area contributed by atoms with Gasteiger partial charge in [-0.1, -0.05) is 12.1 Å². The minimum absolute atomic E-state index is 0.0242. The standard InChI is InChI=1S/C16H16N4O/c1-10-7-12(15-5-6-16(21)20-19-15)3-4-14(10)13-8-17-11(2)18-9-13/h3-4,7-9H,5-6H2,1-2H3,(H,20,21). The molecule has 0 unspecified atom stereocenters. The van der Waals surface area contributed by atoms with E-state index in [1.54, 1.807) is 0 Å². The molecular weight excluding hydrogens is 264 g/mol. The third-order valence-electron chi connectivity index (χ3n) is 3.56. The number of nitrogens with zero attached hydrogens (tertiary/aromatic N) is 3. The van der Waals surface area contributed by atoms with Crippen LogP contribution in [0.15, 0.2) is 35.7 Å². The lowest BCUT2D eigenvalue weighted by molar-refractivity contribution is -0.121. The van der Waals surface area contributed by atoms with Crippen LogP contribution >= 0.6 is 0 Å². The molecule has 0 saturated heterocycles. The topological polar surface area (TPSA) is 67.2 Å². The molecule has 3 rings (SSSR count). The summed E-state index contributed by atoms with van der Waals surface area (Å²) in [5, 5.41) is 4.13. The summed E-state index contributed by atoms with van der Waals surface area (Å²) in [5.74, 6) is 0.740. The van der Waals surface area contributed by atoms with Crippen molar-refractivity contribution < 1.29 is 4.79 Å². The number of hydrogen-bond acceptors (Lipinski definition) is 4. The largest absolute Gasteiger partial charge is 0.273 e. The van der Waals surface area contributed by atoms with Crippen LogP contribution in [0.2, 0.25) is 0 Å². The maximum atomic E-state index is 11.1. The van der Waals surface area contributed by atoms with Crippen molar-refractivity contribution in [3.63, 3.8) is 0 Å². The zero-order valence-corrected chi connectivity index (χ0v) is 12.1. The highest BCUT2D eigenvalue weighted by atomic mass is 16.2. The Morgan fingerprint density at radius 1 is 1.05 bits per heavy atom. The van der Waals surface area contributed by atoms with E-state index in [-0.39, 0.29) is 5.91 Å². The highest BCUT2D eigenvalue weighted by Gasteiger charge is 2.14. The zero-order chi connectivity index (χ0) is 14.8. The van der Waals surface area contributed by atoms with Crippen LogP contribution in [0.1, 0.15) is 29.8 Å². The van der Waals surface area contributed by atoms with E-state index in [0.29, 0.717) is 12.8 Å². The van der Waals surface area contributed by atoms with E-state index >= 15 is 0 Å². The molecule has 5 heteroatoms. The quantitative estimate of drug-likeness (QED) is 0.918. The number of rotatable bonds is 2. The highest BCUT2D eigenvalue weighted by Crippen LogP contribution is 2.24.